The lowest BCUT2D eigenvalue weighted by molar-refractivity contribution is 0.0337. The molecular formula is C20H27ClN4O. The van der Waals surface area contributed by atoms with Gasteiger partial charge in [-0.15, -0.1) is 0 Å². The molecule has 0 aliphatic carbocycles. The number of aromatic amines is 1. The smallest absolute Gasteiger partial charge is 0.0594 e. The minimum atomic E-state index is 0.509. The molecule has 0 bridgehead atoms. The highest BCUT2D eigenvalue weighted by molar-refractivity contribution is 6.31. The molecule has 1 saturated heterocycles. The van der Waals surface area contributed by atoms with Gasteiger partial charge in [0.2, 0.25) is 0 Å². The Balaban J connectivity index is 0.00000117. The van der Waals surface area contributed by atoms with Crippen LogP contribution in [-0.4, -0.2) is 48.9 Å². The number of nitrogens with zero attached hydrogens (tertiary/aromatic N) is 1. The normalized spacial score (nSPS) is 14.4. The summed E-state index contributed by atoms with van der Waals surface area (Å²) in [5, 5.41) is 8.98. The van der Waals surface area contributed by atoms with Gasteiger partial charge in [-0.1, -0.05) is 30.3 Å². The molecular weight excluding hydrogens is 348 g/mol. The Bertz CT molecular complexity index is 735. The number of rotatable bonds is 6. The lowest BCUT2D eigenvalue weighted by Gasteiger charge is -2.25. The Kier molecular flexibility index (Phi) is 8.06. The van der Waals surface area contributed by atoms with Gasteiger partial charge in [0, 0.05) is 48.7 Å². The molecule has 0 atom stereocenters. The summed E-state index contributed by atoms with van der Waals surface area (Å²) in [6.45, 7) is 8.48. The Morgan fingerprint density at radius 1 is 1.31 bits per heavy atom. The third-order valence-corrected chi connectivity index (χ3v) is 4.45. The maximum Gasteiger partial charge on any atom is 0.0594 e. The van der Waals surface area contributed by atoms with Crippen molar-refractivity contribution in [3.8, 4) is 0 Å². The number of hydrogen-bond donors (Lipinski definition) is 3. The fourth-order valence-electron chi connectivity index (χ4n) is 2.85. The molecule has 1 aliphatic heterocycles. The zero-order chi connectivity index (χ0) is 18.9. The minimum absolute atomic E-state index is 0.509. The van der Waals surface area contributed by atoms with Crippen LogP contribution in [0.15, 0.2) is 43.1 Å². The molecule has 2 heterocycles. The predicted molar refractivity (Wildman–Crippen MR) is 109 cm³/mol. The molecule has 3 rings (SSSR count). The first-order valence-corrected chi connectivity index (χ1v) is 9.06. The van der Waals surface area contributed by atoms with Gasteiger partial charge in [-0.2, -0.15) is 0 Å². The van der Waals surface area contributed by atoms with Gasteiger partial charge in [-0.25, -0.2) is 0 Å². The number of allylic oxidation sites excluding steroid dienone is 1. The molecule has 0 saturated carbocycles. The van der Waals surface area contributed by atoms with Crippen LogP contribution in [0.2, 0.25) is 5.02 Å². The molecule has 1 fully saturated rings. The van der Waals surface area contributed by atoms with Crippen molar-refractivity contribution in [1.82, 2.24) is 9.88 Å². The third-order valence-electron chi connectivity index (χ3n) is 4.22. The average molecular weight is 375 g/mol. The molecule has 140 valence electrons. The summed E-state index contributed by atoms with van der Waals surface area (Å²) < 4.78 is 5.37. The number of halogens is 1. The van der Waals surface area contributed by atoms with E-state index in [0.29, 0.717) is 22.7 Å². The van der Waals surface area contributed by atoms with Crippen molar-refractivity contribution in [2.75, 3.05) is 33.4 Å². The predicted octanol–water partition coefficient (Wildman–Crippen LogP) is 3.35. The van der Waals surface area contributed by atoms with E-state index < -0.39 is 0 Å². The average Bonchev–Trinajstić information content (AvgIpc) is 3.10. The van der Waals surface area contributed by atoms with Gasteiger partial charge in [-0.3, -0.25) is 4.90 Å². The van der Waals surface area contributed by atoms with Crippen LogP contribution in [0, 0.1) is 5.41 Å². The van der Waals surface area contributed by atoms with Crippen molar-refractivity contribution in [3.63, 3.8) is 0 Å². The van der Waals surface area contributed by atoms with E-state index in [1.165, 1.54) is 12.7 Å². The van der Waals surface area contributed by atoms with Crippen molar-refractivity contribution in [2.45, 2.75) is 13.0 Å². The van der Waals surface area contributed by atoms with Crippen molar-refractivity contribution in [3.05, 3.63) is 65.0 Å². The molecule has 4 N–H and O–H groups in total. The van der Waals surface area contributed by atoms with Crippen LogP contribution in [0.1, 0.15) is 16.8 Å². The highest BCUT2D eigenvalue weighted by Crippen LogP contribution is 2.20. The first kappa shape index (κ1) is 20.4. The standard InChI is InChI=1S/C19H22ClN3O.CH5N/c1-14(16-3-2-4-17(20)11-16)19(21)10-15-9-18(22-12-15)13-23-5-7-24-8-6-23;1-2/h2-4,9,11-12,21-22H,1,5-8,10,13H2;2H2,1H3. The van der Waals surface area contributed by atoms with Gasteiger partial charge in [0.25, 0.3) is 0 Å². The topological polar surface area (TPSA) is 78.1 Å². The summed E-state index contributed by atoms with van der Waals surface area (Å²) >= 11 is 6.02. The van der Waals surface area contributed by atoms with Crippen molar-refractivity contribution in [2.24, 2.45) is 5.73 Å². The van der Waals surface area contributed by atoms with E-state index >= 15 is 0 Å². The number of hydrogen-bond acceptors (Lipinski definition) is 4. The zero-order valence-electron chi connectivity index (χ0n) is 15.2. The van der Waals surface area contributed by atoms with Crippen molar-refractivity contribution >= 4 is 22.9 Å². The van der Waals surface area contributed by atoms with Gasteiger partial charge in [0.1, 0.15) is 0 Å². The molecule has 1 aromatic carbocycles. The van der Waals surface area contributed by atoms with Crippen LogP contribution in [0.4, 0.5) is 0 Å². The second-order valence-electron chi connectivity index (χ2n) is 6.07. The molecule has 0 unspecified atom stereocenters. The molecule has 1 aliphatic rings. The fraction of sp³-hybridized carbons (Fsp3) is 0.350. The van der Waals surface area contributed by atoms with Gasteiger partial charge in [-0.05, 0) is 41.9 Å². The number of benzene rings is 1. The van der Waals surface area contributed by atoms with Gasteiger partial charge in [0.05, 0.1) is 13.2 Å². The summed E-state index contributed by atoms with van der Waals surface area (Å²) in [5.74, 6) is 0. The zero-order valence-corrected chi connectivity index (χ0v) is 16.0. The monoisotopic (exact) mass is 374 g/mol. The van der Waals surface area contributed by atoms with E-state index in [1.807, 2.05) is 30.5 Å². The van der Waals surface area contributed by atoms with Gasteiger partial charge >= 0.3 is 0 Å². The highest BCUT2D eigenvalue weighted by atomic mass is 35.5. The third kappa shape index (κ3) is 5.81. The van der Waals surface area contributed by atoms with Crippen LogP contribution in [0.25, 0.3) is 5.57 Å². The summed E-state index contributed by atoms with van der Waals surface area (Å²) in [4.78, 5) is 5.69. The SMILES string of the molecule is C=C(C(=N)Cc1c[nH]c(CN2CCOCC2)c1)c1cccc(Cl)c1.CN. The van der Waals surface area contributed by atoms with E-state index in [0.717, 1.165) is 44.0 Å². The van der Waals surface area contributed by atoms with E-state index in [1.54, 1.807) is 0 Å². The second kappa shape index (κ2) is 10.3. The summed E-state index contributed by atoms with van der Waals surface area (Å²) in [6, 6.07) is 9.62. The van der Waals surface area contributed by atoms with Gasteiger partial charge < -0.3 is 20.9 Å². The maximum atomic E-state index is 8.32. The first-order chi connectivity index (χ1) is 12.6. The number of aromatic nitrogens is 1. The van der Waals surface area contributed by atoms with Crippen LogP contribution >= 0.6 is 11.6 Å². The summed E-state index contributed by atoms with van der Waals surface area (Å²) in [6.07, 6.45) is 2.54. The number of H-pyrrole nitrogens is 1. The molecule has 0 amide bonds. The number of nitrogens with one attached hydrogen (secondary N) is 2. The quantitative estimate of drug-likeness (QED) is 0.678. The molecule has 0 spiro atoms. The molecule has 26 heavy (non-hydrogen) atoms. The molecule has 2 aromatic rings. The molecule has 5 nitrogen and oxygen atoms in total. The van der Waals surface area contributed by atoms with E-state index in [4.69, 9.17) is 21.7 Å². The van der Waals surface area contributed by atoms with Gasteiger partial charge in [0.15, 0.2) is 0 Å². The molecule has 0 radical (unpaired) electrons. The van der Waals surface area contributed by atoms with Crippen molar-refractivity contribution < 1.29 is 4.74 Å². The highest BCUT2D eigenvalue weighted by Gasteiger charge is 2.13. The van der Waals surface area contributed by atoms with Crippen molar-refractivity contribution in [1.29, 1.82) is 5.41 Å². The Labute approximate surface area is 160 Å². The first-order valence-electron chi connectivity index (χ1n) is 8.68. The minimum Gasteiger partial charge on any atom is -0.379 e. The van der Waals surface area contributed by atoms with Crippen LogP contribution in [0.5, 0.6) is 0 Å². The number of nitrogens with two attached hydrogens (primary N) is 1. The lowest BCUT2D eigenvalue weighted by atomic mass is 9.99. The fourth-order valence-corrected chi connectivity index (χ4v) is 3.04. The van der Waals surface area contributed by atoms with E-state index in [9.17, 15) is 0 Å². The summed E-state index contributed by atoms with van der Waals surface area (Å²) in [7, 11) is 1.50. The van der Waals surface area contributed by atoms with Crippen LogP contribution in [0.3, 0.4) is 0 Å². The number of morpholine rings is 1. The Hall–Kier alpha value is -1.92. The van der Waals surface area contributed by atoms with Crippen LogP contribution < -0.4 is 5.73 Å². The second-order valence-corrected chi connectivity index (χ2v) is 6.50. The summed E-state index contributed by atoms with van der Waals surface area (Å²) in [5.41, 5.74) is 8.90. The molecule has 6 heteroatoms. The lowest BCUT2D eigenvalue weighted by Crippen LogP contribution is -2.35. The van der Waals surface area contributed by atoms with E-state index in [2.05, 4.69) is 28.3 Å². The Morgan fingerprint density at radius 3 is 2.73 bits per heavy atom. The maximum absolute atomic E-state index is 8.32. The van der Waals surface area contributed by atoms with E-state index in [-0.39, 0.29) is 0 Å². The van der Waals surface area contributed by atoms with Crippen LogP contribution in [-0.2, 0) is 17.7 Å². The Morgan fingerprint density at radius 2 is 2.04 bits per heavy atom. The number of ether oxygens (including phenoxy) is 1. The molecule has 1 aromatic heterocycles. The largest absolute Gasteiger partial charge is 0.379 e.